The van der Waals surface area contributed by atoms with Gasteiger partial charge in [-0.05, 0) is 51.2 Å². The van der Waals surface area contributed by atoms with Gasteiger partial charge in [0.25, 0.3) is 0 Å². The molecular formula is C15H22ClN3O. The Morgan fingerprint density at radius 3 is 2.80 bits per heavy atom. The molecule has 1 saturated heterocycles. The molecule has 1 aliphatic heterocycles. The highest BCUT2D eigenvalue weighted by Crippen LogP contribution is 2.15. The van der Waals surface area contributed by atoms with Crippen LogP contribution < -0.4 is 10.6 Å². The Labute approximate surface area is 125 Å². The third kappa shape index (κ3) is 4.78. The number of piperidine rings is 1. The molecule has 110 valence electrons. The molecule has 0 saturated carbocycles. The maximum absolute atomic E-state index is 11.9. The fourth-order valence-corrected chi connectivity index (χ4v) is 2.68. The minimum Gasteiger partial charge on any atom is -0.326 e. The summed E-state index contributed by atoms with van der Waals surface area (Å²) < 4.78 is 0. The van der Waals surface area contributed by atoms with Gasteiger partial charge in [-0.25, -0.2) is 0 Å². The van der Waals surface area contributed by atoms with Gasteiger partial charge in [0.2, 0.25) is 5.91 Å². The van der Waals surface area contributed by atoms with Crippen molar-refractivity contribution in [1.29, 1.82) is 0 Å². The van der Waals surface area contributed by atoms with Crippen LogP contribution in [0.25, 0.3) is 0 Å². The molecule has 1 heterocycles. The first kappa shape index (κ1) is 15.3. The average Bonchev–Trinajstić information content (AvgIpc) is 2.46. The number of nitrogens with one attached hydrogen (secondary N) is 2. The second-order valence-electron chi connectivity index (χ2n) is 5.21. The molecule has 2 rings (SSSR count). The van der Waals surface area contributed by atoms with Crippen molar-refractivity contribution in [1.82, 2.24) is 10.2 Å². The fraction of sp³-hybridized carbons (Fsp3) is 0.533. The van der Waals surface area contributed by atoms with Crippen molar-refractivity contribution in [3.05, 3.63) is 29.3 Å². The van der Waals surface area contributed by atoms with Crippen LogP contribution in [0, 0.1) is 0 Å². The van der Waals surface area contributed by atoms with Gasteiger partial charge in [-0.15, -0.1) is 0 Å². The molecule has 1 aromatic rings. The molecule has 0 bridgehead atoms. The zero-order valence-corrected chi connectivity index (χ0v) is 12.6. The van der Waals surface area contributed by atoms with E-state index in [2.05, 4.69) is 15.5 Å². The normalized spacial score (nSPS) is 17.1. The van der Waals surface area contributed by atoms with E-state index in [0.29, 0.717) is 17.5 Å². The molecule has 1 aliphatic rings. The molecule has 0 aliphatic carbocycles. The highest BCUT2D eigenvalue weighted by molar-refractivity contribution is 6.30. The Balaban J connectivity index is 1.70. The lowest BCUT2D eigenvalue weighted by atomic mass is 10.1. The SMILES string of the molecule is CNC1CCN(CCC(=O)Nc2cccc(Cl)c2)CC1. The molecule has 0 atom stereocenters. The molecule has 2 N–H and O–H groups in total. The van der Waals surface area contributed by atoms with E-state index >= 15 is 0 Å². The molecule has 0 unspecified atom stereocenters. The number of rotatable bonds is 5. The molecule has 1 amide bonds. The third-order valence-corrected chi connectivity index (χ3v) is 3.99. The first-order chi connectivity index (χ1) is 9.67. The summed E-state index contributed by atoms with van der Waals surface area (Å²) in [6.45, 7) is 2.95. The molecule has 4 nitrogen and oxygen atoms in total. The average molecular weight is 296 g/mol. The summed E-state index contributed by atoms with van der Waals surface area (Å²) in [5, 5.41) is 6.82. The van der Waals surface area contributed by atoms with Crippen LogP contribution in [0.4, 0.5) is 5.69 Å². The highest BCUT2D eigenvalue weighted by atomic mass is 35.5. The smallest absolute Gasteiger partial charge is 0.225 e. The van der Waals surface area contributed by atoms with E-state index in [0.717, 1.165) is 38.2 Å². The largest absolute Gasteiger partial charge is 0.326 e. The van der Waals surface area contributed by atoms with Gasteiger partial charge in [-0.3, -0.25) is 4.79 Å². The second-order valence-corrected chi connectivity index (χ2v) is 5.65. The monoisotopic (exact) mass is 295 g/mol. The van der Waals surface area contributed by atoms with Crippen LogP contribution in [0.2, 0.25) is 5.02 Å². The number of hydrogen-bond donors (Lipinski definition) is 2. The summed E-state index contributed by atoms with van der Waals surface area (Å²) in [7, 11) is 2.01. The molecular weight excluding hydrogens is 274 g/mol. The molecule has 0 spiro atoms. The van der Waals surface area contributed by atoms with Gasteiger partial charge in [0.15, 0.2) is 0 Å². The maximum atomic E-state index is 11.9. The van der Waals surface area contributed by atoms with Crippen molar-refractivity contribution in [2.75, 3.05) is 32.0 Å². The van der Waals surface area contributed by atoms with E-state index in [1.807, 2.05) is 19.2 Å². The first-order valence-corrected chi connectivity index (χ1v) is 7.50. The first-order valence-electron chi connectivity index (χ1n) is 7.12. The Bertz CT molecular complexity index is 444. The van der Waals surface area contributed by atoms with Crippen LogP contribution in [0.1, 0.15) is 19.3 Å². The molecule has 1 fully saturated rings. The predicted octanol–water partition coefficient (Wildman–Crippen LogP) is 2.35. The zero-order chi connectivity index (χ0) is 14.4. The summed E-state index contributed by atoms with van der Waals surface area (Å²) in [5.74, 6) is 0.0445. The molecule has 5 heteroatoms. The van der Waals surface area contributed by atoms with E-state index in [9.17, 15) is 4.79 Å². The lowest BCUT2D eigenvalue weighted by molar-refractivity contribution is -0.116. The van der Waals surface area contributed by atoms with Gasteiger partial charge in [-0.1, -0.05) is 17.7 Å². The number of hydrogen-bond acceptors (Lipinski definition) is 3. The van der Waals surface area contributed by atoms with E-state index in [4.69, 9.17) is 11.6 Å². The standard InChI is InChI=1S/C15H22ClN3O/c1-17-13-5-8-19(9-6-13)10-7-15(20)18-14-4-2-3-12(16)11-14/h2-4,11,13,17H,5-10H2,1H3,(H,18,20). The van der Waals surface area contributed by atoms with Crippen LogP contribution in [-0.4, -0.2) is 43.5 Å². The zero-order valence-electron chi connectivity index (χ0n) is 11.9. The van der Waals surface area contributed by atoms with Crippen LogP contribution in [0.5, 0.6) is 0 Å². The number of halogens is 1. The van der Waals surface area contributed by atoms with Crippen LogP contribution >= 0.6 is 11.6 Å². The lowest BCUT2D eigenvalue weighted by Crippen LogP contribution is -2.42. The third-order valence-electron chi connectivity index (χ3n) is 3.76. The number of carbonyl (C=O) groups excluding carboxylic acids is 1. The van der Waals surface area contributed by atoms with E-state index < -0.39 is 0 Å². The van der Waals surface area contributed by atoms with E-state index in [1.54, 1.807) is 12.1 Å². The van der Waals surface area contributed by atoms with Crippen molar-refractivity contribution in [2.24, 2.45) is 0 Å². The minimum atomic E-state index is 0.0445. The summed E-state index contributed by atoms with van der Waals surface area (Å²) in [5.41, 5.74) is 0.761. The number of nitrogens with zero attached hydrogens (tertiary/aromatic N) is 1. The summed E-state index contributed by atoms with van der Waals surface area (Å²) in [6.07, 6.45) is 2.84. The second kappa shape index (κ2) is 7.62. The Morgan fingerprint density at radius 2 is 2.15 bits per heavy atom. The highest BCUT2D eigenvalue weighted by Gasteiger charge is 2.17. The minimum absolute atomic E-state index is 0.0445. The lowest BCUT2D eigenvalue weighted by Gasteiger charge is -2.31. The van der Waals surface area contributed by atoms with Crippen molar-refractivity contribution in [3.63, 3.8) is 0 Å². The van der Waals surface area contributed by atoms with Crippen LogP contribution in [-0.2, 0) is 4.79 Å². The van der Waals surface area contributed by atoms with E-state index in [-0.39, 0.29) is 5.91 Å². The number of likely N-dealkylation sites (tertiary alicyclic amines) is 1. The molecule has 0 aromatic heterocycles. The summed E-state index contributed by atoms with van der Waals surface area (Å²) >= 11 is 5.89. The summed E-state index contributed by atoms with van der Waals surface area (Å²) in [4.78, 5) is 14.2. The topological polar surface area (TPSA) is 44.4 Å². The van der Waals surface area contributed by atoms with Crippen molar-refractivity contribution in [3.8, 4) is 0 Å². The van der Waals surface area contributed by atoms with Gasteiger partial charge in [0, 0.05) is 29.7 Å². The number of benzene rings is 1. The van der Waals surface area contributed by atoms with Gasteiger partial charge in [0.05, 0.1) is 0 Å². The van der Waals surface area contributed by atoms with Crippen LogP contribution in [0.3, 0.4) is 0 Å². The molecule has 20 heavy (non-hydrogen) atoms. The Kier molecular flexibility index (Phi) is 5.83. The number of amides is 1. The maximum Gasteiger partial charge on any atom is 0.225 e. The Morgan fingerprint density at radius 1 is 1.40 bits per heavy atom. The van der Waals surface area contributed by atoms with Gasteiger partial charge in [-0.2, -0.15) is 0 Å². The van der Waals surface area contributed by atoms with E-state index in [1.165, 1.54) is 0 Å². The van der Waals surface area contributed by atoms with Crippen LogP contribution in [0.15, 0.2) is 24.3 Å². The predicted molar refractivity (Wildman–Crippen MR) is 83.2 cm³/mol. The number of anilines is 1. The molecule has 1 aromatic carbocycles. The number of carbonyl (C=O) groups is 1. The van der Waals surface area contributed by atoms with Gasteiger partial charge in [0.1, 0.15) is 0 Å². The van der Waals surface area contributed by atoms with Gasteiger partial charge < -0.3 is 15.5 Å². The molecule has 0 radical (unpaired) electrons. The van der Waals surface area contributed by atoms with Crippen molar-refractivity contribution >= 4 is 23.2 Å². The Hall–Kier alpha value is -1.10. The quantitative estimate of drug-likeness (QED) is 0.876. The summed E-state index contributed by atoms with van der Waals surface area (Å²) in [6, 6.07) is 7.87. The van der Waals surface area contributed by atoms with Crippen molar-refractivity contribution in [2.45, 2.75) is 25.3 Å². The fourth-order valence-electron chi connectivity index (χ4n) is 2.49. The van der Waals surface area contributed by atoms with Gasteiger partial charge >= 0.3 is 0 Å². The van der Waals surface area contributed by atoms with Crippen molar-refractivity contribution < 1.29 is 4.79 Å².